The average Bonchev–Trinajstić information content (AvgIpc) is 2.46. The predicted molar refractivity (Wildman–Crippen MR) is 72.0 cm³/mol. The Kier molecular flexibility index (Phi) is 4.31. The number of pyridine rings is 1. The molecule has 1 saturated carbocycles. The number of nitrogens with zero attached hydrogens (tertiary/aromatic N) is 2. The molecule has 1 heterocycles. The average molecular weight is 265 g/mol. The lowest BCUT2D eigenvalue weighted by Gasteiger charge is -2.35. The summed E-state index contributed by atoms with van der Waals surface area (Å²) < 4.78 is 0. The number of rotatable bonds is 5. The molecular formula is C13H19N3O3. The minimum absolute atomic E-state index is 0.0219. The van der Waals surface area contributed by atoms with Gasteiger partial charge in [-0.05, 0) is 18.9 Å². The van der Waals surface area contributed by atoms with E-state index in [1.807, 2.05) is 0 Å². The molecule has 0 unspecified atom stereocenters. The molecule has 0 aromatic carbocycles. The molecule has 1 aliphatic rings. The van der Waals surface area contributed by atoms with Crippen molar-refractivity contribution in [3.63, 3.8) is 0 Å². The Morgan fingerprint density at radius 3 is 2.79 bits per heavy atom. The van der Waals surface area contributed by atoms with Crippen LogP contribution in [0.5, 0.6) is 0 Å². The highest BCUT2D eigenvalue weighted by molar-refractivity contribution is 5.55. The van der Waals surface area contributed by atoms with E-state index in [-0.39, 0.29) is 23.5 Å². The van der Waals surface area contributed by atoms with Gasteiger partial charge < -0.3 is 10.4 Å². The summed E-state index contributed by atoms with van der Waals surface area (Å²) >= 11 is 0. The van der Waals surface area contributed by atoms with Gasteiger partial charge in [0.15, 0.2) is 0 Å². The van der Waals surface area contributed by atoms with Crippen LogP contribution in [0.15, 0.2) is 18.3 Å². The quantitative estimate of drug-likeness (QED) is 0.630. The van der Waals surface area contributed by atoms with Gasteiger partial charge in [-0.3, -0.25) is 10.1 Å². The Labute approximate surface area is 112 Å². The number of aromatic nitrogens is 1. The van der Waals surface area contributed by atoms with Gasteiger partial charge in [0.25, 0.3) is 0 Å². The zero-order chi connectivity index (χ0) is 13.7. The maximum atomic E-state index is 10.9. The van der Waals surface area contributed by atoms with E-state index in [4.69, 9.17) is 0 Å². The summed E-state index contributed by atoms with van der Waals surface area (Å²) in [5, 5.41) is 23.5. The van der Waals surface area contributed by atoms with Crippen LogP contribution in [0.25, 0.3) is 0 Å². The first-order chi connectivity index (χ1) is 9.17. The van der Waals surface area contributed by atoms with E-state index in [0.717, 1.165) is 25.7 Å². The fraction of sp³-hybridized carbons (Fsp3) is 0.615. The highest BCUT2D eigenvalue weighted by atomic mass is 16.6. The number of hydrogen-bond donors (Lipinski definition) is 2. The number of hydrogen-bond acceptors (Lipinski definition) is 5. The lowest BCUT2D eigenvalue weighted by atomic mass is 9.74. The second-order valence-corrected chi connectivity index (χ2v) is 5.20. The first-order valence-corrected chi connectivity index (χ1v) is 6.61. The van der Waals surface area contributed by atoms with E-state index >= 15 is 0 Å². The molecule has 0 atom stereocenters. The summed E-state index contributed by atoms with van der Waals surface area (Å²) in [6.07, 6.45) is 6.85. The van der Waals surface area contributed by atoms with E-state index in [2.05, 4.69) is 10.3 Å². The Balaban J connectivity index is 2.07. The highest BCUT2D eigenvalue weighted by Gasteiger charge is 2.31. The van der Waals surface area contributed by atoms with Gasteiger partial charge in [-0.1, -0.05) is 19.3 Å². The molecule has 1 aromatic heterocycles. The summed E-state index contributed by atoms with van der Waals surface area (Å²) in [7, 11) is 0. The second kappa shape index (κ2) is 5.97. The maximum Gasteiger partial charge on any atom is 0.311 e. The minimum atomic E-state index is -0.443. The molecule has 0 bridgehead atoms. The van der Waals surface area contributed by atoms with E-state index in [0.29, 0.717) is 6.54 Å². The van der Waals surface area contributed by atoms with Gasteiger partial charge >= 0.3 is 5.69 Å². The third kappa shape index (κ3) is 3.20. The van der Waals surface area contributed by atoms with Gasteiger partial charge in [-0.15, -0.1) is 0 Å². The molecule has 1 fully saturated rings. The number of nitrogens with one attached hydrogen (secondary N) is 1. The lowest BCUT2D eigenvalue weighted by molar-refractivity contribution is -0.384. The van der Waals surface area contributed by atoms with Gasteiger partial charge in [0.2, 0.25) is 5.82 Å². The second-order valence-electron chi connectivity index (χ2n) is 5.20. The lowest BCUT2D eigenvalue weighted by Crippen LogP contribution is -2.35. The molecule has 2 rings (SSSR count). The van der Waals surface area contributed by atoms with Crippen LogP contribution in [0, 0.1) is 15.5 Å². The smallest absolute Gasteiger partial charge is 0.311 e. The van der Waals surface area contributed by atoms with Crippen LogP contribution in [-0.2, 0) is 0 Å². The monoisotopic (exact) mass is 265 g/mol. The molecule has 19 heavy (non-hydrogen) atoms. The molecule has 1 aliphatic carbocycles. The van der Waals surface area contributed by atoms with E-state index < -0.39 is 4.92 Å². The summed E-state index contributed by atoms with van der Waals surface area (Å²) in [6, 6.07) is 2.98. The van der Waals surface area contributed by atoms with Crippen LogP contribution in [0.2, 0.25) is 0 Å². The normalized spacial score (nSPS) is 17.9. The molecule has 0 spiro atoms. The van der Waals surface area contributed by atoms with E-state index in [1.54, 1.807) is 6.07 Å². The molecule has 6 nitrogen and oxygen atoms in total. The van der Waals surface area contributed by atoms with E-state index in [1.165, 1.54) is 18.7 Å². The van der Waals surface area contributed by atoms with Crippen molar-refractivity contribution in [3.05, 3.63) is 28.4 Å². The molecule has 6 heteroatoms. The van der Waals surface area contributed by atoms with Gasteiger partial charge in [-0.2, -0.15) is 0 Å². The predicted octanol–water partition coefficient (Wildman–Crippen LogP) is 2.34. The maximum absolute atomic E-state index is 10.9. The minimum Gasteiger partial charge on any atom is -0.396 e. The number of anilines is 1. The number of aliphatic hydroxyl groups is 1. The molecule has 0 radical (unpaired) electrons. The first-order valence-electron chi connectivity index (χ1n) is 6.61. The molecule has 0 amide bonds. The largest absolute Gasteiger partial charge is 0.396 e. The summed E-state index contributed by atoms with van der Waals surface area (Å²) in [5.41, 5.74) is -0.185. The Morgan fingerprint density at radius 1 is 1.42 bits per heavy atom. The van der Waals surface area contributed by atoms with Gasteiger partial charge in [0.1, 0.15) is 0 Å². The third-order valence-corrected chi connectivity index (χ3v) is 3.86. The van der Waals surface area contributed by atoms with Crippen molar-refractivity contribution < 1.29 is 10.0 Å². The van der Waals surface area contributed by atoms with Crippen molar-refractivity contribution in [2.45, 2.75) is 32.1 Å². The van der Waals surface area contributed by atoms with Gasteiger partial charge in [0, 0.05) is 24.2 Å². The van der Waals surface area contributed by atoms with Crippen LogP contribution >= 0.6 is 0 Å². The summed E-state index contributed by atoms with van der Waals surface area (Å²) in [5.74, 6) is 0.283. The van der Waals surface area contributed by atoms with Crippen LogP contribution in [-0.4, -0.2) is 28.2 Å². The van der Waals surface area contributed by atoms with Gasteiger partial charge in [-0.25, -0.2) is 4.98 Å². The highest BCUT2D eigenvalue weighted by Crippen LogP contribution is 2.36. The fourth-order valence-corrected chi connectivity index (χ4v) is 2.64. The van der Waals surface area contributed by atoms with Crippen molar-refractivity contribution in [1.29, 1.82) is 0 Å². The van der Waals surface area contributed by atoms with Gasteiger partial charge in [0.05, 0.1) is 11.5 Å². The van der Waals surface area contributed by atoms with Crippen LogP contribution in [0.1, 0.15) is 32.1 Å². The molecule has 2 N–H and O–H groups in total. The van der Waals surface area contributed by atoms with Crippen LogP contribution in [0.4, 0.5) is 11.5 Å². The third-order valence-electron chi connectivity index (χ3n) is 3.86. The zero-order valence-corrected chi connectivity index (χ0v) is 10.8. The topological polar surface area (TPSA) is 88.3 Å². The number of aliphatic hydroxyl groups excluding tert-OH is 1. The Bertz CT molecular complexity index is 445. The molecular weight excluding hydrogens is 246 g/mol. The summed E-state index contributed by atoms with van der Waals surface area (Å²) in [4.78, 5) is 14.5. The van der Waals surface area contributed by atoms with Crippen molar-refractivity contribution in [2.24, 2.45) is 5.41 Å². The number of nitro groups is 1. The Hall–Kier alpha value is -1.69. The molecule has 1 aromatic rings. The SMILES string of the molecule is O=[N+]([O-])c1cccnc1NCC1(CO)CCCCC1. The summed E-state index contributed by atoms with van der Waals surface area (Å²) in [6.45, 7) is 0.641. The molecule has 0 aliphatic heterocycles. The zero-order valence-electron chi connectivity index (χ0n) is 10.8. The molecule has 104 valence electrons. The van der Waals surface area contributed by atoms with Crippen molar-refractivity contribution >= 4 is 11.5 Å². The van der Waals surface area contributed by atoms with Crippen molar-refractivity contribution in [1.82, 2.24) is 4.98 Å². The first kappa shape index (κ1) is 13.7. The van der Waals surface area contributed by atoms with Crippen LogP contribution < -0.4 is 5.32 Å². The standard InChI is InChI=1S/C13H19N3O3/c17-10-13(6-2-1-3-7-13)9-15-12-11(16(18)19)5-4-8-14-12/h4-5,8,17H,1-3,6-7,9-10H2,(H,14,15). The van der Waals surface area contributed by atoms with E-state index in [9.17, 15) is 15.2 Å². The van der Waals surface area contributed by atoms with Crippen LogP contribution in [0.3, 0.4) is 0 Å². The fourth-order valence-electron chi connectivity index (χ4n) is 2.64. The molecule has 0 saturated heterocycles. The van der Waals surface area contributed by atoms with Crippen molar-refractivity contribution in [2.75, 3.05) is 18.5 Å². The Morgan fingerprint density at radius 2 is 2.16 bits per heavy atom. The van der Waals surface area contributed by atoms with Crippen molar-refractivity contribution in [3.8, 4) is 0 Å².